The molecule has 0 aliphatic heterocycles. The van der Waals surface area contributed by atoms with Crippen molar-refractivity contribution in [3.63, 3.8) is 0 Å². The summed E-state index contributed by atoms with van der Waals surface area (Å²) in [6.45, 7) is 2.33. The molecule has 0 aliphatic carbocycles. The van der Waals surface area contributed by atoms with Crippen LogP contribution in [0.2, 0.25) is 0 Å². The van der Waals surface area contributed by atoms with Crippen molar-refractivity contribution in [2.45, 2.75) is 13.3 Å². The number of hydrogen-bond donors (Lipinski definition) is 1. The predicted octanol–water partition coefficient (Wildman–Crippen LogP) is 1.11. The SMILES string of the molecule is CCCOC(N)=O.I. The largest absolute Gasteiger partial charge is 0.450 e. The fraction of sp³-hybridized carbons (Fsp3) is 0.750. The molecule has 1 amide bonds. The number of carbonyl (C=O) groups is 1. The van der Waals surface area contributed by atoms with Gasteiger partial charge in [-0.3, -0.25) is 0 Å². The highest BCUT2D eigenvalue weighted by Crippen LogP contribution is 1.76. The van der Waals surface area contributed by atoms with Crippen LogP contribution in [-0.4, -0.2) is 12.7 Å². The Morgan fingerprint density at radius 3 is 2.38 bits per heavy atom. The van der Waals surface area contributed by atoms with E-state index < -0.39 is 6.09 Å². The highest BCUT2D eigenvalue weighted by atomic mass is 127. The minimum Gasteiger partial charge on any atom is -0.450 e. The highest BCUT2D eigenvalue weighted by Gasteiger charge is 1.86. The Morgan fingerprint density at radius 1 is 1.75 bits per heavy atom. The lowest BCUT2D eigenvalue weighted by Gasteiger charge is -1.93. The maximum Gasteiger partial charge on any atom is 0.404 e. The molecule has 50 valence electrons. The number of halogens is 1. The predicted molar refractivity (Wildman–Crippen MR) is 41.2 cm³/mol. The molecule has 0 bridgehead atoms. The van der Waals surface area contributed by atoms with Gasteiger partial charge >= 0.3 is 6.09 Å². The lowest BCUT2D eigenvalue weighted by atomic mass is 10.5. The summed E-state index contributed by atoms with van der Waals surface area (Å²) in [5, 5.41) is 0. The zero-order chi connectivity index (χ0) is 5.70. The van der Waals surface area contributed by atoms with Crippen LogP contribution >= 0.6 is 24.0 Å². The summed E-state index contributed by atoms with van der Waals surface area (Å²) in [5.74, 6) is 0. The summed E-state index contributed by atoms with van der Waals surface area (Å²) < 4.78 is 4.33. The van der Waals surface area contributed by atoms with Crippen molar-refractivity contribution in [2.24, 2.45) is 5.73 Å². The average molecular weight is 231 g/mol. The summed E-state index contributed by atoms with van der Waals surface area (Å²) in [4.78, 5) is 9.76. The van der Waals surface area contributed by atoms with E-state index in [1.165, 1.54) is 0 Å². The number of amides is 1. The molecule has 0 saturated carbocycles. The van der Waals surface area contributed by atoms with E-state index >= 15 is 0 Å². The van der Waals surface area contributed by atoms with Gasteiger partial charge in [-0.25, -0.2) is 4.79 Å². The van der Waals surface area contributed by atoms with E-state index in [-0.39, 0.29) is 24.0 Å². The first kappa shape index (κ1) is 10.9. The van der Waals surface area contributed by atoms with Crippen LogP contribution in [0.5, 0.6) is 0 Å². The Bertz CT molecular complexity index is 67.1. The molecule has 4 heteroatoms. The number of rotatable bonds is 2. The lowest BCUT2D eigenvalue weighted by molar-refractivity contribution is 0.157. The number of primary amides is 1. The summed E-state index contributed by atoms with van der Waals surface area (Å²) in [7, 11) is 0. The Balaban J connectivity index is 0. The quantitative estimate of drug-likeness (QED) is 0.723. The van der Waals surface area contributed by atoms with Gasteiger partial charge in [0.2, 0.25) is 0 Å². The Hall–Kier alpha value is 0. The van der Waals surface area contributed by atoms with Crippen molar-refractivity contribution in [3.8, 4) is 0 Å². The van der Waals surface area contributed by atoms with Gasteiger partial charge in [0.1, 0.15) is 0 Å². The van der Waals surface area contributed by atoms with E-state index in [4.69, 9.17) is 0 Å². The number of carbonyl (C=O) groups excluding carboxylic acids is 1. The molecule has 0 atom stereocenters. The van der Waals surface area contributed by atoms with Crippen molar-refractivity contribution >= 4 is 30.1 Å². The van der Waals surface area contributed by atoms with Crippen molar-refractivity contribution in [1.82, 2.24) is 0 Å². The number of hydrogen-bond acceptors (Lipinski definition) is 2. The molecular weight excluding hydrogens is 221 g/mol. The van der Waals surface area contributed by atoms with Crippen LogP contribution in [-0.2, 0) is 4.74 Å². The van der Waals surface area contributed by atoms with Crippen LogP contribution in [0.4, 0.5) is 4.79 Å². The summed E-state index contributed by atoms with van der Waals surface area (Å²) in [6.07, 6.45) is 0.130. The Kier molecular flexibility index (Phi) is 9.53. The van der Waals surface area contributed by atoms with Gasteiger partial charge < -0.3 is 10.5 Å². The first-order valence-electron chi connectivity index (χ1n) is 2.19. The van der Waals surface area contributed by atoms with Gasteiger partial charge in [-0.05, 0) is 6.42 Å². The molecule has 3 nitrogen and oxygen atoms in total. The van der Waals surface area contributed by atoms with Crippen molar-refractivity contribution in [1.29, 1.82) is 0 Å². The minimum atomic E-state index is -0.693. The van der Waals surface area contributed by atoms with Crippen LogP contribution in [0, 0.1) is 0 Å². The molecule has 0 aromatic carbocycles. The van der Waals surface area contributed by atoms with E-state index in [0.29, 0.717) is 6.61 Å². The van der Waals surface area contributed by atoms with Gasteiger partial charge in [0.05, 0.1) is 6.61 Å². The van der Waals surface area contributed by atoms with E-state index in [0.717, 1.165) is 6.42 Å². The third kappa shape index (κ3) is 9.38. The van der Waals surface area contributed by atoms with Gasteiger partial charge in [0.25, 0.3) is 0 Å². The van der Waals surface area contributed by atoms with E-state index in [9.17, 15) is 4.79 Å². The third-order valence-electron chi connectivity index (χ3n) is 0.448. The molecule has 0 unspecified atom stereocenters. The smallest absolute Gasteiger partial charge is 0.404 e. The number of ether oxygens (including phenoxy) is 1. The minimum absolute atomic E-state index is 0. The van der Waals surface area contributed by atoms with Crippen molar-refractivity contribution in [2.75, 3.05) is 6.61 Å². The van der Waals surface area contributed by atoms with Gasteiger partial charge in [-0.1, -0.05) is 6.92 Å². The fourth-order valence-corrected chi connectivity index (χ4v) is 0.203. The normalized spacial score (nSPS) is 7.12. The summed E-state index contributed by atoms with van der Waals surface area (Å²) >= 11 is 0. The molecule has 0 saturated heterocycles. The first-order chi connectivity index (χ1) is 3.27. The molecule has 0 spiro atoms. The van der Waals surface area contributed by atoms with E-state index in [2.05, 4.69) is 10.5 Å². The van der Waals surface area contributed by atoms with Crippen molar-refractivity contribution in [3.05, 3.63) is 0 Å². The van der Waals surface area contributed by atoms with Gasteiger partial charge in [0, 0.05) is 0 Å². The van der Waals surface area contributed by atoms with Crippen LogP contribution < -0.4 is 5.73 Å². The molecule has 8 heavy (non-hydrogen) atoms. The molecule has 0 aromatic rings. The molecule has 0 heterocycles. The van der Waals surface area contributed by atoms with Crippen LogP contribution in [0.15, 0.2) is 0 Å². The second-order valence-electron chi connectivity index (χ2n) is 1.17. The zero-order valence-corrected chi connectivity index (χ0v) is 7.05. The molecule has 0 radical (unpaired) electrons. The highest BCUT2D eigenvalue weighted by molar-refractivity contribution is 14.0. The molecule has 2 N–H and O–H groups in total. The standard InChI is InChI=1S/C4H9NO2.HI/c1-2-3-7-4(5)6;/h2-3H2,1H3,(H2,5,6);1H. The van der Waals surface area contributed by atoms with Gasteiger partial charge in [-0.15, -0.1) is 24.0 Å². The molecule has 0 aromatic heterocycles. The number of nitrogens with two attached hydrogens (primary N) is 1. The zero-order valence-electron chi connectivity index (χ0n) is 4.72. The van der Waals surface area contributed by atoms with Crippen molar-refractivity contribution < 1.29 is 9.53 Å². The second kappa shape index (κ2) is 7.00. The van der Waals surface area contributed by atoms with E-state index in [1.54, 1.807) is 0 Å². The third-order valence-corrected chi connectivity index (χ3v) is 0.448. The molecule has 0 aliphatic rings. The molecule has 0 fully saturated rings. The monoisotopic (exact) mass is 231 g/mol. The van der Waals surface area contributed by atoms with Crippen LogP contribution in [0.3, 0.4) is 0 Å². The fourth-order valence-electron chi connectivity index (χ4n) is 0.203. The topological polar surface area (TPSA) is 52.3 Å². The maximum atomic E-state index is 9.76. The second-order valence-corrected chi connectivity index (χ2v) is 1.17. The Morgan fingerprint density at radius 2 is 2.25 bits per heavy atom. The molecule has 0 rings (SSSR count). The van der Waals surface area contributed by atoms with E-state index in [1.807, 2.05) is 6.92 Å². The first-order valence-corrected chi connectivity index (χ1v) is 2.19. The maximum absolute atomic E-state index is 9.76. The average Bonchev–Trinajstić information content (AvgIpc) is 1.61. The van der Waals surface area contributed by atoms with Crippen LogP contribution in [0.1, 0.15) is 13.3 Å². The lowest BCUT2D eigenvalue weighted by Crippen LogP contribution is -2.12. The van der Waals surface area contributed by atoms with Gasteiger partial charge in [-0.2, -0.15) is 0 Å². The van der Waals surface area contributed by atoms with Gasteiger partial charge in [0.15, 0.2) is 0 Å². The van der Waals surface area contributed by atoms with Crippen LogP contribution in [0.25, 0.3) is 0 Å². The molecular formula is C4H10INO2. The summed E-state index contributed by atoms with van der Waals surface area (Å²) in [5.41, 5.74) is 4.62. The Labute approximate surface area is 65.6 Å². The summed E-state index contributed by atoms with van der Waals surface area (Å²) in [6, 6.07) is 0.